The average Bonchev–Trinajstić information content (AvgIpc) is 3.07. The Morgan fingerprint density at radius 2 is 1.94 bits per heavy atom. The third-order valence-electron chi connectivity index (χ3n) is 6.96. The van der Waals surface area contributed by atoms with E-state index < -0.39 is 11.5 Å². The number of allylic oxidation sites excluding steroid dienone is 1. The smallest absolute Gasteiger partial charge is 0.238 e. The molecule has 1 fully saturated rings. The third kappa shape index (κ3) is 3.96. The number of nitrogens with zero attached hydrogens (tertiary/aromatic N) is 1. The summed E-state index contributed by atoms with van der Waals surface area (Å²) in [4.78, 5) is 29.5. The van der Waals surface area contributed by atoms with Crippen molar-refractivity contribution in [3.8, 4) is 0 Å². The van der Waals surface area contributed by atoms with Crippen LogP contribution in [0.15, 0.2) is 54.1 Å². The van der Waals surface area contributed by atoms with Gasteiger partial charge >= 0.3 is 0 Å². The predicted molar refractivity (Wildman–Crippen MR) is 135 cm³/mol. The minimum atomic E-state index is -1.01. The Bertz CT molecular complexity index is 1120. The molecular weight excluding hydrogens is 479 g/mol. The van der Waals surface area contributed by atoms with Gasteiger partial charge in [-0.2, -0.15) is 0 Å². The number of benzene rings is 2. The molecule has 2 amide bonds. The van der Waals surface area contributed by atoms with Crippen LogP contribution in [0.2, 0.25) is 10.0 Å². The number of rotatable bonds is 6. The monoisotopic (exact) mass is 504 g/mol. The van der Waals surface area contributed by atoms with Crippen molar-refractivity contribution in [3.63, 3.8) is 0 Å². The number of hydrogen-bond donors (Lipinski definition) is 1. The van der Waals surface area contributed by atoms with Crippen molar-refractivity contribution >= 4 is 52.3 Å². The number of halogens is 3. The normalized spacial score (nSPS) is 24.9. The van der Waals surface area contributed by atoms with E-state index in [-0.39, 0.29) is 24.2 Å². The van der Waals surface area contributed by atoms with Gasteiger partial charge in [-0.15, -0.1) is 11.6 Å². The number of carbonyl (C=O) groups excluding carboxylic acids is 2. The zero-order valence-electron chi connectivity index (χ0n) is 18.7. The molecule has 33 heavy (non-hydrogen) atoms. The van der Waals surface area contributed by atoms with Crippen LogP contribution >= 0.6 is 34.8 Å². The van der Waals surface area contributed by atoms with Crippen molar-refractivity contribution < 1.29 is 9.59 Å². The van der Waals surface area contributed by atoms with Gasteiger partial charge in [0.15, 0.2) is 0 Å². The first-order valence-corrected chi connectivity index (χ1v) is 12.5. The maximum absolute atomic E-state index is 14.1. The molecule has 0 aliphatic carbocycles. The summed E-state index contributed by atoms with van der Waals surface area (Å²) >= 11 is 18.7. The molecule has 0 bridgehead atoms. The lowest BCUT2D eigenvalue weighted by Gasteiger charge is -2.52. The van der Waals surface area contributed by atoms with E-state index in [4.69, 9.17) is 34.8 Å². The van der Waals surface area contributed by atoms with Crippen LogP contribution < -0.4 is 5.32 Å². The number of likely N-dealkylation sites (tertiary alicyclic amines) is 1. The Hall–Kier alpha value is -2.01. The van der Waals surface area contributed by atoms with Crippen LogP contribution in [0.3, 0.4) is 0 Å². The second-order valence-electron chi connectivity index (χ2n) is 8.57. The Balaban J connectivity index is 2.04. The SMILES string of the molecule is CC=C(CC)[C@H]1N(CCCCl)C(=O)C[C@@H](c2cccc(Cl)c2)[C@]12C(=O)Nc1cc(Cl)ccc12. The van der Waals surface area contributed by atoms with E-state index >= 15 is 0 Å². The van der Waals surface area contributed by atoms with Gasteiger partial charge in [-0.25, -0.2) is 0 Å². The molecule has 2 aromatic rings. The number of hydrogen-bond acceptors (Lipinski definition) is 2. The van der Waals surface area contributed by atoms with Gasteiger partial charge < -0.3 is 10.2 Å². The van der Waals surface area contributed by atoms with Crippen LogP contribution in [0.5, 0.6) is 0 Å². The van der Waals surface area contributed by atoms with E-state index in [1.54, 1.807) is 12.1 Å². The first-order chi connectivity index (χ1) is 15.9. The number of anilines is 1. The highest BCUT2D eigenvalue weighted by Gasteiger charge is 2.63. The standard InChI is InChI=1S/C26H27Cl3N2O2/c1-3-16(4-2)24-26(20-10-9-19(29)14-22(20)30-25(26)33)21(17-7-5-8-18(28)13-17)15-23(32)31(24)12-6-11-27/h3,5,7-10,13-14,21,24H,4,6,11-12,15H2,1-2H3,(H,30,33)/t21-,24+,26-/m0/s1. The molecule has 3 atom stereocenters. The van der Waals surface area contributed by atoms with Gasteiger partial charge in [0, 0.05) is 40.5 Å². The van der Waals surface area contributed by atoms with Crippen LogP contribution in [0.1, 0.15) is 50.2 Å². The van der Waals surface area contributed by atoms with Crippen LogP contribution in [0.25, 0.3) is 0 Å². The first kappa shape index (κ1) is 24.1. The molecule has 1 N–H and O–H groups in total. The number of carbonyl (C=O) groups is 2. The van der Waals surface area contributed by atoms with Crippen molar-refractivity contribution in [2.75, 3.05) is 17.7 Å². The fourth-order valence-electron chi connectivity index (χ4n) is 5.62. The number of piperidine rings is 1. The molecule has 1 saturated heterocycles. The zero-order valence-corrected chi connectivity index (χ0v) is 21.0. The lowest BCUT2D eigenvalue weighted by atomic mass is 9.58. The summed E-state index contributed by atoms with van der Waals surface area (Å²) in [6, 6.07) is 12.6. The number of amides is 2. The van der Waals surface area contributed by atoms with E-state index in [2.05, 4.69) is 12.2 Å². The second kappa shape index (κ2) is 9.69. The minimum Gasteiger partial charge on any atom is -0.334 e. The second-order valence-corrected chi connectivity index (χ2v) is 9.82. The highest BCUT2D eigenvalue weighted by Crippen LogP contribution is 2.57. The molecule has 2 aromatic carbocycles. The van der Waals surface area contributed by atoms with Crippen LogP contribution in [-0.4, -0.2) is 35.2 Å². The molecule has 0 unspecified atom stereocenters. The largest absolute Gasteiger partial charge is 0.334 e. The molecule has 0 radical (unpaired) electrons. The summed E-state index contributed by atoms with van der Waals surface area (Å²) in [7, 11) is 0. The van der Waals surface area contributed by atoms with Crippen molar-refractivity contribution in [1.82, 2.24) is 4.90 Å². The maximum atomic E-state index is 14.1. The molecule has 2 aliphatic heterocycles. The summed E-state index contributed by atoms with van der Waals surface area (Å²) in [5.41, 5.74) is 2.47. The van der Waals surface area contributed by atoms with Crippen molar-refractivity contribution in [1.29, 1.82) is 0 Å². The fraction of sp³-hybridized carbons (Fsp3) is 0.385. The van der Waals surface area contributed by atoms with Gasteiger partial charge in [-0.1, -0.05) is 60.0 Å². The molecule has 0 aromatic heterocycles. The predicted octanol–water partition coefficient (Wildman–Crippen LogP) is 6.55. The van der Waals surface area contributed by atoms with E-state index in [1.165, 1.54) is 0 Å². The molecule has 4 rings (SSSR count). The topological polar surface area (TPSA) is 49.4 Å². The molecule has 2 heterocycles. The number of alkyl halides is 1. The summed E-state index contributed by atoms with van der Waals surface area (Å²) in [6.45, 7) is 4.52. The van der Waals surface area contributed by atoms with Gasteiger partial charge in [-0.05, 0) is 55.2 Å². The molecule has 2 aliphatic rings. The van der Waals surface area contributed by atoms with E-state index in [0.29, 0.717) is 41.0 Å². The van der Waals surface area contributed by atoms with Gasteiger partial charge in [0.05, 0.1) is 6.04 Å². The van der Waals surface area contributed by atoms with Gasteiger partial charge in [-0.3, -0.25) is 9.59 Å². The molecule has 0 saturated carbocycles. The summed E-state index contributed by atoms with van der Waals surface area (Å²) in [6.07, 6.45) is 3.60. The Labute approximate surface area is 209 Å². The van der Waals surface area contributed by atoms with Crippen molar-refractivity contribution in [2.24, 2.45) is 0 Å². The summed E-state index contributed by atoms with van der Waals surface area (Å²) in [5.74, 6) is -0.0452. The molecule has 174 valence electrons. The van der Waals surface area contributed by atoms with Crippen LogP contribution in [0.4, 0.5) is 5.69 Å². The Kier molecular flexibility index (Phi) is 7.09. The van der Waals surface area contributed by atoms with Gasteiger partial charge in [0.2, 0.25) is 11.8 Å². The van der Waals surface area contributed by atoms with E-state index in [9.17, 15) is 9.59 Å². The summed E-state index contributed by atoms with van der Waals surface area (Å²) in [5, 5.41) is 4.22. The maximum Gasteiger partial charge on any atom is 0.238 e. The number of nitrogens with one attached hydrogen (secondary N) is 1. The highest BCUT2D eigenvalue weighted by molar-refractivity contribution is 6.31. The molecule has 7 heteroatoms. The van der Waals surface area contributed by atoms with Crippen molar-refractivity contribution in [3.05, 3.63) is 75.3 Å². The fourth-order valence-corrected chi connectivity index (χ4v) is 6.11. The van der Waals surface area contributed by atoms with Crippen molar-refractivity contribution in [2.45, 2.75) is 50.5 Å². The lowest BCUT2D eigenvalue weighted by molar-refractivity contribution is -0.143. The zero-order chi connectivity index (χ0) is 23.8. The quantitative estimate of drug-likeness (QED) is 0.357. The van der Waals surface area contributed by atoms with Crippen LogP contribution in [0, 0.1) is 0 Å². The minimum absolute atomic E-state index is 0.0173. The molecule has 1 spiro atoms. The van der Waals surface area contributed by atoms with Gasteiger partial charge in [0.25, 0.3) is 0 Å². The lowest BCUT2D eigenvalue weighted by Crippen LogP contribution is -2.64. The van der Waals surface area contributed by atoms with E-state index in [1.807, 2.05) is 48.2 Å². The van der Waals surface area contributed by atoms with Crippen LogP contribution in [-0.2, 0) is 15.0 Å². The number of fused-ring (bicyclic) bond motifs is 2. The Morgan fingerprint density at radius 3 is 2.61 bits per heavy atom. The van der Waals surface area contributed by atoms with Gasteiger partial charge in [0.1, 0.15) is 5.41 Å². The first-order valence-electron chi connectivity index (χ1n) is 11.3. The average molecular weight is 506 g/mol. The highest BCUT2D eigenvalue weighted by atomic mass is 35.5. The Morgan fingerprint density at radius 1 is 1.18 bits per heavy atom. The summed E-state index contributed by atoms with van der Waals surface area (Å²) < 4.78 is 0. The third-order valence-corrected chi connectivity index (χ3v) is 7.69. The molecule has 4 nitrogen and oxygen atoms in total. The van der Waals surface area contributed by atoms with E-state index in [0.717, 1.165) is 16.7 Å². The molecular formula is C26H27Cl3N2O2.